The molecule has 1 aromatic carbocycles. The molecule has 0 saturated carbocycles. The molecule has 5 heteroatoms. The van der Waals surface area contributed by atoms with Gasteiger partial charge in [-0.15, -0.1) is 0 Å². The van der Waals surface area contributed by atoms with E-state index < -0.39 is 23.4 Å². The standard InChI is InChI=1S/C22H26N2O3/c1-11-7-8-15-14(9-11)12(2)10-16-17-18(19(13(3)25)23(15)16)21(27)24(20(17)26)22(4,5)6/h7-10,16-19H,1-6H3/t16-,17+,18-,19+/m0/s1. The second-order valence-electron chi connectivity index (χ2n) is 9.06. The van der Waals surface area contributed by atoms with Gasteiger partial charge >= 0.3 is 0 Å². The molecule has 0 N–H and O–H groups in total. The van der Waals surface area contributed by atoms with Crippen LogP contribution in [0.3, 0.4) is 0 Å². The number of imide groups is 1. The minimum atomic E-state index is -0.615. The molecule has 0 aliphatic carbocycles. The number of aryl methyl sites for hydroxylation is 1. The van der Waals surface area contributed by atoms with Gasteiger partial charge in [0.25, 0.3) is 0 Å². The third kappa shape index (κ3) is 2.33. The normalized spacial score (nSPS) is 29.5. The van der Waals surface area contributed by atoms with Gasteiger partial charge in [-0.3, -0.25) is 19.3 Å². The Morgan fingerprint density at radius 1 is 1.04 bits per heavy atom. The fraction of sp³-hybridized carbons (Fsp3) is 0.500. The number of carbonyl (C=O) groups is 3. The quantitative estimate of drug-likeness (QED) is 0.717. The van der Waals surface area contributed by atoms with E-state index in [0.717, 1.165) is 22.4 Å². The van der Waals surface area contributed by atoms with Crippen molar-refractivity contribution in [2.45, 2.75) is 59.2 Å². The van der Waals surface area contributed by atoms with Crippen LogP contribution in [-0.2, 0) is 14.4 Å². The third-order valence-electron chi connectivity index (χ3n) is 6.09. The van der Waals surface area contributed by atoms with Crippen LogP contribution < -0.4 is 4.90 Å². The number of hydrogen-bond donors (Lipinski definition) is 0. The Balaban J connectivity index is 1.90. The van der Waals surface area contributed by atoms with E-state index in [1.165, 1.54) is 11.8 Å². The molecule has 0 aromatic heterocycles. The van der Waals surface area contributed by atoms with Gasteiger partial charge in [-0.2, -0.15) is 0 Å². The maximum Gasteiger partial charge on any atom is 0.236 e. The first-order valence-corrected chi connectivity index (χ1v) is 9.50. The fourth-order valence-corrected chi connectivity index (χ4v) is 5.08. The number of allylic oxidation sites excluding steroid dienone is 1. The highest BCUT2D eigenvalue weighted by atomic mass is 16.2. The number of Topliss-reactive ketones (excluding diaryl/α,β-unsaturated/α-hetero) is 1. The van der Waals surface area contributed by atoms with Crippen LogP contribution in [0.1, 0.15) is 45.7 Å². The van der Waals surface area contributed by atoms with Crippen molar-refractivity contribution in [3.05, 3.63) is 35.4 Å². The van der Waals surface area contributed by atoms with Crippen LogP contribution in [0.4, 0.5) is 5.69 Å². The van der Waals surface area contributed by atoms with Crippen molar-refractivity contribution in [3.63, 3.8) is 0 Å². The molecule has 27 heavy (non-hydrogen) atoms. The molecule has 0 unspecified atom stereocenters. The number of benzene rings is 1. The van der Waals surface area contributed by atoms with Gasteiger partial charge in [-0.25, -0.2) is 0 Å². The molecule has 142 valence electrons. The molecule has 0 spiro atoms. The van der Waals surface area contributed by atoms with Crippen LogP contribution in [0.15, 0.2) is 24.3 Å². The van der Waals surface area contributed by atoms with Crippen LogP contribution >= 0.6 is 0 Å². The summed E-state index contributed by atoms with van der Waals surface area (Å²) in [6.07, 6.45) is 2.07. The monoisotopic (exact) mass is 366 g/mol. The molecular formula is C22H26N2O3. The molecule has 4 atom stereocenters. The van der Waals surface area contributed by atoms with Gasteiger partial charge in [0.05, 0.1) is 17.9 Å². The largest absolute Gasteiger partial charge is 0.353 e. The SMILES string of the molecule is CC(=O)[C@@H]1[C@H]2C(=O)N(C(C)(C)C)C(=O)[C@@H]2[C@@H]2C=C(C)c3cc(C)ccc3N12. The van der Waals surface area contributed by atoms with E-state index in [2.05, 4.69) is 12.1 Å². The first kappa shape index (κ1) is 18.0. The fourth-order valence-electron chi connectivity index (χ4n) is 5.08. The maximum absolute atomic E-state index is 13.3. The zero-order chi connectivity index (χ0) is 19.8. The van der Waals surface area contributed by atoms with Gasteiger partial charge in [0.1, 0.15) is 6.04 Å². The molecule has 0 bridgehead atoms. The molecule has 0 radical (unpaired) electrons. The van der Waals surface area contributed by atoms with E-state index in [4.69, 9.17) is 0 Å². The highest BCUT2D eigenvalue weighted by molar-refractivity contribution is 6.11. The number of hydrogen-bond acceptors (Lipinski definition) is 4. The lowest BCUT2D eigenvalue weighted by Gasteiger charge is -2.39. The van der Waals surface area contributed by atoms with Gasteiger partial charge in [0.2, 0.25) is 11.8 Å². The van der Waals surface area contributed by atoms with Crippen molar-refractivity contribution < 1.29 is 14.4 Å². The van der Waals surface area contributed by atoms with E-state index in [1.807, 2.05) is 51.7 Å². The van der Waals surface area contributed by atoms with Crippen LogP contribution in [-0.4, -0.2) is 40.1 Å². The van der Waals surface area contributed by atoms with E-state index in [9.17, 15) is 14.4 Å². The summed E-state index contributed by atoms with van der Waals surface area (Å²) in [5.41, 5.74) is 3.66. The average Bonchev–Trinajstić information content (AvgIpc) is 3.01. The number of carbonyl (C=O) groups excluding carboxylic acids is 3. The molecule has 2 amide bonds. The predicted molar refractivity (Wildman–Crippen MR) is 104 cm³/mol. The number of amides is 2. The summed E-state index contributed by atoms with van der Waals surface area (Å²) < 4.78 is 0. The van der Waals surface area contributed by atoms with Gasteiger partial charge in [-0.1, -0.05) is 17.7 Å². The van der Waals surface area contributed by atoms with Gasteiger partial charge in [-0.05, 0) is 59.2 Å². The zero-order valence-electron chi connectivity index (χ0n) is 16.7. The Hall–Kier alpha value is -2.43. The van der Waals surface area contributed by atoms with Crippen molar-refractivity contribution in [3.8, 4) is 0 Å². The van der Waals surface area contributed by atoms with E-state index in [0.29, 0.717) is 0 Å². The van der Waals surface area contributed by atoms with Crippen molar-refractivity contribution in [1.29, 1.82) is 0 Å². The van der Waals surface area contributed by atoms with Crippen LogP contribution in [0, 0.1) is 18.8 Å². The lowest BCUT2D eigenvalue weighted by molar-refractivity contribution is -0.146. The summed E-state index contributed by atoms with van der Waals surface area (Å²) in [7, 11) is 0. The summed E-state index contributed by atoms with van der Waals surface area (Å²) in [5, 5.41) is 0. The molecule has 1 aromatic rings. The van der Waals surface area contributed by atoms with E-state index in [1.54, 1.807) is 0 Å². The molecular weight excluding hydrogens is 340 g/mol. The van der Waals surface area contributed by atoms with Crippen molar-refractivity contribution in [2.75, 3.05) is 4.90 Å². The highest BCUT2D eigenvalue weighted by Crippen LogP contribution is 2.51. The van der Waals surface area contributed by atoms with Gasteiger partial charge in [0.15, 0.2) is 5.78 Å². The topological polar surface area (TPSA) is 57.7 Å². The van der Waals surface area contributed by atoms with Crippen LogP contribution in [0.5, 0.6) is 0 Å². The maximum atomic E-state index is 13.3. The number of ketones is 1. The Bertz CT molecular complexity index is 909. The smallest absolute Gasteiger partial charge is 0.236 e. The summed E-state index contributed by atoms with van der Waals surface area (Å²) in [5.74, 6) is -1.56. The first-order valence-electron chi connectivity index (χ1n) is 9.50. The molecule has 2 saturated heterocycles. The summed E-state index contributed by atoms with van der Waals surface area (Å²) >= 11 is 0. The minimum absolute atomic E-state index is 0.0658. The third-order valence-corrected chi connectivity index (χ3v) is 6.09. The highest BCUT2D eigenvalue weighted by Gasteiger charge is 2.64. The first-order chi connectivity index (χ1) is 12.5. The summed E-state index contributed by atoms with van der Waals surface area (Å²) in [6.45, 7) is 11.2. The second-order valence-corrected chi connectivity index (χ2v) is 9.06. The van der Waals surface area contributed by atoms with Gasteiger partial charge < -0.3 is 4.90 Å². The molecule has 5 nitrogen and oxygen atoms in total. The van der Waals surface area contributed by atoms with Gasteiger partial charge in [0, 0.05) is 16.8 Å². The number of rotatable bonds is 1. The lowest BCUT2D eigenvalue weighted by atomic mass is 9.87. The van der Waals surface area contributed by atoms with E-state index >= 15 is 0 Å². The van der Waals surface area contributed by atoms with Crippen molar-refractivity contribution in [1.82, 2.24) is 4.90 Å². The Labute approximate surface area is 160 Å². The molecule has 3 aliphatic heterocycles. The molecule has 2 fully saturated rings. The second kappa shape index (κ2) is 5.54. The minimum Gasteiger partial charge on any atom is -0.353 e. The number of nitrogens with zero attached hydrogens (tertiary/aromatic N) is 2. The lowest BCUT2D eigenvalue weighted by Crippen LogP contribution is -2.52. The van der Waals surface area contributed by atoms with Crippen molar-refractivity contribution in [2.24, 2.45) is 11.8 Å². The van der Waals surface area contributed by atoms with Crippen LogP contribution in [0.2, 0.25) is 0 Å². The predicted octanol–water partition coefficient (Wildman–Crippen LogP) is 2.96. The van der Waals surface area contributed by atoms with Crippen molar-refractivity contribution >= 4 is 28.9 Å². The summed E-state index contributed by atoms with van der Waals surface area (Å²) in [4.78, 5) is 42.6. The number of likely N-dealkylation sites (tertiary alicyclic amines) is 1. The zero-order valence-corrected chi connectivity index (χ0v) is 16.7. The number of anilines is 1. The molecule has 3 aliphatic rings. The Morgan fingerprint density at radius 3 is 2.26 bits per heavy atom. The molecule has 4 rings (SSSR count). The average molecular weight is 366 g/mol. The van der Waals surface area contributed by atoms with E-state index in [-0.39, 0.29) is 23.6 Å². The number of fused-ring (bicyclic) bond motifs is 5. The molecule has 3 heterocycles. The Morgan fingerprint density at radius 2 is 1.67 bits per heavy atom. The summed E-state index contributed by atoms with van der Waals surface area (Å²) in [6, 6.07) is 5.28. The Kier molecular flexibility index (Phi) is 3.68. The van der Waals surface area contributed by atoms with Crippen LogP contribution in [0.25, 0.3) is 5.57 Å².